The molecule has 1 rings (SSSR count). The lowest BCUT2D eigenvalue weighted by molar-refractivity contribution is -0.150. The van der Waals surface area contributed by atoms with Crippen LogP contribution in [0.15, 0.2) is 12.1 Å². The highest BCUT2D eigenvalue weighted by Crippen LogP contribution is 2.42. The summed E-state index contributed by atoms with van der Waals surface area (Å²) in [6.45, 7) is 3.65. The van der Waals surface area contributed by atoms with Crippen molar-refractivity contribution in [2.45, 2.75) is 26.1 Å². The fourth-order valence-corrected chi connectivity index (χ4v) is 1.73. The first-order chi connectivity index (χ1) is 9.46. The average Bonchev–Trinajstić information content (AvgIpc) is 2.44. The van der Waals surface area contributed by atoms with Crippen molar-refractivity contribution in [3.8, 4) is 17.2 Å². The van der Waals surface area contributed by atoms with Crippen molar-refractivity contribution in [2.75, 3.05) is 21.3 Å². The maximum atomic E-state index is 11.5. The van der Waals surface area contributed by atoms with E-state index in [1.807, 2.05) is 13.8 Å². The number of esters is 1. The molecule has 1 unspecified atom stereocenters. The summed E-state index contributed by atoms with van der Waals surface area (Å²) in [7, 11) is 4.15. The molecule has 0 saturated carbocycles. The minimum atomic E-state index is -1.45. The van der Waals surface area contributed by atoms with E-state index in [1.165, 1.54) is 21.3 Å². The third-order valence-corrected chi connectivity index (χ3v) is 2.60. The van der Waals surface area contributed by atoms with E-state index >= 15 is 0 Å². The van der Waals surface area contributed by atoms with Gasteiger partial charge in [0.05, 0.1) is 27.4 Å². The Balaban J connectivity index is 3.39. The molecule has 1 aromatic carbocycles. The summed E-state index contributed by atoms with van der Waals surface area (Å²) in [5.41, 5.74) is 0.267. The predicted octanol–water partition coefficient (Wildman–Crippen LogP) is 1.70. The van der Waals surface area contributed by atoms with E-state index < -0.39 is 12.1 Å². The van der Waals surface area contributed by atoms with Gasteiger partial charge in [0.2, 0.25) is 5.75 Å². The van der Waals surface area contributed by atoms with Crippen molar-refractivity contribution >= 4 is 5.97 Å². The van der Waals surface area contributed by atoms with Gasteiger partial charge in [-0.1, -0.05) is 0 Å². The van der Waals surface area contributed by atoms with Crippen LogP contribution in [0.1, 0.15) is 25.5 Å². The topological polar surface area (TPSA) is 74.2 Å². The molecular formula is C14H20O6. The molecule has 0 heterocycles. The van der Waals surface area contributed by atoms with Gasteiger partial charge in [0, 0.05) is 5.56 Å². The summed E-state index contributed by atoms with van der Waals surface area (Å²) in [6.07, 6.45) is -1.62. The van der Waals surface area contributed by atoms with Crippen LogP contribution < -0.4 is 14.2 Å². The van der Waals surface area contributed by atoms with Crippen molar-refractivity contribution in [3.05, 3.63) is 17.7 Å². The number of hydrogen-bond acceptors (Lipinski definition) is 6. The highest BCUT2D eigenvalue weighted by Gasteiger charge is 2.27. The van der Waals surface area contributed by atoms with Gasteiger partial charge in [-0.2, -0.15) is 0 Å². The van der Waals surface area contributed by atoms with Crippen molar-refractivity contribution < 1.29 is 28.8 Å². The minimum absolute atomic E-state index is 0.167. The number of carbonyl (C=O) groups is 1. The number of benzene rings is 1. The summed E-state index contributed by atoms with van der Waals surface area (Å²) in [6, 6.07) is 3.13. The average molecular weight is 284 g/mol. The van der Waals surface area contributed by atoms with Crippen LogP contribution in [0, 0.1) is 0 Å². The standard InChI is InChI=1S/C14H20O6/c1-8(2)20-12-9(11(15)14(16)19-5)6-7-10(17-3)13(12)18-4/h6-8,11,15H,1-5H3. The highest BCUT2D eigenvalue weighted by molar-refractivity contribution is 5.78. The molecule has 20 heavy (non-hydrogen) atoms. The van der Waals surface area contributed by atoms with Gasteiger partial charge in [-0.25, -0.2) is 4.79 Å². The molecule has 0 aliphatic heterocycles. The smallest absolute Gasteiger partial charge is 0.339 e. The van der Waals surface area contributed by atoms with Crippen LogP contribution in [0.3, 0.4) is 0 Å². The number of methoxy groups -OCH3 is 3. The van der Waals surface area contributed by atoms with Gasteiger partial charge >= 0.3 is 5.97 Å². The Kier molecular flexibility index (Phi) is 5.64. The Morgan fingerprint density at radius 1 is 1.10 bits per heavy atom. The van der Waals surface area contributed by atoms with E-state index in [1.54, 1.807) is 12.1 Å². The lowest BCUT2D eigenvalue weighted by Gasteiger charge is -2.21. The minimum Gasteiger partial charge on any atom is -0.493 e. The Bertz CT molecular complexity index is 469. The SMILES string of the molecule is COC(=O)C(O)c1ccc(OC)c(OC)c1OC(C)C. The lowest BCUT2D eigenvalue weighted by Crippen LogP contribution is -2.17. The van der Waals surface area contributed by atoms with E-state index in [0.717, 1.165) is 0 Å². The van der Waals surface area contributed by atoms with Gasteiger partial charge in [-0.15, -0.1) is 0 Å². The lowest BCUT2D eigenvalue weighted by atomic mass is 10.1. The molecule has 1 N–H and O–H groups in total. The fraction of sp³-hybridized carbons (Fsp3) is 0.500. The second-order valence-electron chi connectivity index (χ2n) is 4.31. The van der Waals surface area contributed by atoms with Gasteiger partial charge in [-0.05, 0) is 26.0 Å². The molecule has 112 valence electrons. The molecular weight excluding hydrogens is 264 g/mol. The molecule has 6 nitrogen and oxygen atoms in total. The zero-order valence-corrected chi connectivity index (χ0v) is 12.3. The van der Waals surface area contributed by atoms with Crippen molar-refractivity contribution in [1.29, 1.82) is 0 Å². The van der Waals surface area contributed by atoms with Crippen LogP contribution in [0.5, 0.6) is 17.2 Å². The first-order valence-corrected chi connectivity index (χ1v) is 6.13. The first kappa shape index (κ1) is 16.1. The third-order valence-electron chi connectivity index (χ3n) is 2.60. The zero-order chi connectivity index (χ0) is 15.3. The summed E-state index contributed by atoms with van der Waals surface area (Å²) in [4.78, 5) is 11.5. The molecule has 0 bridgehead atoms. The van der Waals surface area contributed by atoms with E-state index in [2.05, 4.69) is 4.74 Å². The molecule has 1 atom stereocenters. The van der Waals surface area contributed by atoms with Gasteiger partial charge in [0.1, 0.15) is 0 Å². The maximum absolute atomic E-state index is 11.5. The van der Waals surface area contributed by atoms with Gasteiger partial charge < -0.3 is 24.1 Å². The number of carbonyl (C=O) groups excluding carboxylic acids is 1. The first-order valence-electron chi connectivity index (χ1n) is 6.13. The van der Waals surface area contributed by atoms with E-state index in [4.69, 9.17) is 14.2 Å². The Hall–Kier alpha value is -1.95. The fourth-order valence-electron chi connectivity index (χ4n) is 1.73. The Morgan fingerprint density at radius 2 is 1.75 bits per heavy atom. The van der Waals surface area contributed by atoms with Gasteiger partial charge in [-0.3, -0.25) is 0 Å². The number of rotatable bonds is 6. The van der Waals surface area contributed by atoms with Gasteiger partial charge in [0.25, 0.3) is 0 Å². The van der Waals surface area contributed by atoms with E-state index in [0.29, 0.717) is 11.5 Å². The monoisotopic (exact) mass is 284 g/mol. The van der Waals surface area contributed by atoms with Crippen LogP contribution in [-0.2, 0) is 9.53 Å². The summed E-state index contributed by atoms with van der Waals surface area (Å²) < 4.78 is 20.6. The maximum Gasteiger partial charge on any atom is 0.339 e. The van der Waals surface area contributed by atoms with Crippen LogP contribution in [0.2, 0.25) is 0 Å². The quantitative estimate of drug-likeness (QED) is 0.801. The molecule has 0 fully saturated rings. The summed E-state index contributed by atoms with van der Waals surface area (Å²) in [5, 5.41) is 10.0. The largest absolute Gasteiger partial charge is 0.493 e. The van der Waals surface area contributed by atoms with Crippen molar-refractivity contribution in [1.82, 2.24) is 0 Å². The van der Waals surface area contributed by atoms with Crippen molar-refractivity contribution in [3.63, 3.8) is 0 Å². The van der Waals surface area contributed by atoms with Crippen LogP contribution in [-0.4, -0.2) is 38.5 Å². The molecule has 0 amide bonds. The van der Waals surface area contributed by atoms with Gasteiger partial charge in [0.15, 0.2) is 17.6 Å². The number of ether oxygens (including phenoxy) is 4. The highest BCUT2D eigenvalue weighted by atomic mass is 16.5. The number of hydrogen-bond donors (Lipinski definition) is 1. The van der Waals surface area contributed by atoms with E-state index in [-0.39, 0.29) is 17.4 Å². The number of aliphatic hydroxyl groups excluding tert-OH is 1. The molecule has 0 aliphatic carbocycles. The third kappa shape index (κ3) is 3.33. The summed E-state index contributed by atoms with van der Waals surface area (Å²) >= 11 is 0. The molecule has 0 radical (unpaired) electrons. The van der Waals surface area contributed by atoms with Crippen LogP contribution in [0.4, 0.5) is 0 Å². The second kappa shape index (κ2) is 7.00. The van der Waals surface area contributed by atoms with Crippen LogP contribution >= 0.6 is 0 Å². The molecule has 0 aliphatic rings. The predicted molar refractivity (Wildman–Crippen MR) is 72.3 cm³/mol. The molecule has 0 aromatic heterocycles. The molecule has 6 heteroatoms. The number of aliphatic hydroxyl groups is 1. The van der Waals surface area contributed by atoms with Crippen molar-refractivity contribution in [2.24, 2.45) is 0 Å². The Morgan fingerprint density at radius 3 is 2.20 bits per heavy atom. The summed E-state index contributed by atoms with van der Waals surface area (Å²) in [5.74, 6) is 0.260. The molecule has 0 spiro atoms. The molecule has 1 aromatic rings. The normalized spacial score (nSPS) is 11.9. The van der Waals surface area contributed by atoms with E-state index in [9.17, 15) is 9.90 Å². The second-order valence-corrected chi connectivity index (χ2v) is 4.31. The zero-order valence-electron chi connectivity index (χ0n) is 12.3. The molecule has 0 saturated heterocycles. The van der Waals surface area contributed by atoms with Crippen LogP contribution in [0.25, 0.3) is 0 Å². The Labute approximate surface area is 118 Å².